The third kappa shape index (κ3) is 4.31. The van der Waals surface area contributed by atoms with Crippen molar-refractivity contribution < 1.29 is 17.9 Å². The van der Waals surface area contributed by atoms with Gasteiger partial charge in [0.2, 0.25) is 0 Å². The topological polar surface area (TPSA) is 47.3 Å². The van der Waals surface area contributed by atoms with Crippen LogP contribution in [0.25, 0.3) is 0 Å². The van der Waals surface area contributed by atoms with Gasteiger partial charge in [0.1, 0.15) is 23.6 Å². The molecule has 0 fully saturated rings. The number of aromatic nitrogens is 1. The van der Waals surface area contributed by atoms with Crippen molar-refractivity contribution in [2.24, 2.45) is 5.92 Å². The molecule has 0 aliphatic rings. The second kappa shape index (κ2) is 6.47. The van der Waals surface area contributed by atoms with Gasteiger partial charge in [-0.05, 0) is 12.5 Å². The minimum Gasteiger partial charge on any atom is -0.417 e. The van der Waals surface area contributed by atoms with Crippen LogP contribution in [-0.2, 0) is 6.54 Å². The summed E-state index contributed by atoms with van der Waals surface area (Å²) >= 11 is 0. The molecule has 0 radical (unpaired) electrons. The summed E-state index contributed by atoms with van der Waals surface area (Å²) < 4.78 is 36.2. The summed E-state index contributed by atoms with van der Waals surface area (Å²) in [5.41, 5.74) is 0.664. The van der Waals surface area contributed by atoms with Gasteiger partial charge in [0.25, 0.3) is 0 Å². The van der Waals surface area contributed by atoms with E-state index in [1.165, 1.54) is 6.26 Å². The van der Waals surface area contributed by atoms with Crippen LogP contribution in [0, 0.1) is 17.6 Å². The smallest absolute Gasteiger partial charge is 0.399 e. The van der Waals surface area contributed by atoms with E-state index in [-0.39, 0.29) is 11.8 Å². The fourth-order valence-corrected chi connectivity index (χ4v) is 1.59. The molecule has 1 N–H and O–H groups in total. The van der Waals surface area contributed by atoms with Crippen molar-refractivity contribution in [2.75, 3.05) is 6.54 Å². The Bertz CT molecular complexity index is 550. The molecule has 0 aliphatic carbocycles. The average Bonchev–Trinajstić information content (AvgIpc) is 2.74. The zero-order chi connectivity index (χ0) is 14.5. The number of hydrogen-bond donors (Lipinski definition) is 1. The Balaban J connectivity index is 1.95. The van der Waals surface area contributed by atoms with Gasteiger partial charge < -0.3 is 14.5 Å². The molecule has 0 spiro atoms. The summed E-state index contributed by atoms with van der Waals surface area (Å²) in [5, 5.41) is 3.20. The first-order valence-electron chi connectivity index (χ1n) is 6.32. The molecule has 1 aromatic carbocycles. The zero-order valence-electron chi connectivity index (χ0n) is 11.3. The molecule has 1 heterocycles. The highest BCUT2D eigenvalue weighted by molar-refractivity contribution is 5.26. The third-order valence-corrected chi connectivity index (χ3v) is 2.43. The Morgan fingerprint density at radius 1 is 1.25 bits per heavy atom. The SMILES string of the molecule is CC(C)CNCc1coc(Oc2cc(F)cc(F)c2)n1. The molecule has 0 saturated carbocycles. The largest absolute Gasteiger partial charge is 0.417 e. The van der Waals surface area contributed by atoms with Crippen LogP contribution in [0.2, 0.25) is 0 Å². The number of nitrogens with one attached hydrogen (secondary N) is 1. The Morgan fingerprint density at radius 2 is 1.95 bits per heavy atom. The number of ether oxygens (including phenoxy) is 1. The first kappa shape index (κ1) is 14.5. The first-order valence-corrected chi connectivity index (χ1v) is 6.32. The lowest BCUT2D eigenvalue weighted by atomic mass is 10.2. The molecule has 108 valence electrons. The molecule has 1 aromatic heterocycles. The lowest BCUT2D eigenvalue weighted by molar-refractivity contribution is 0.328. The van der Waals surface area contributed by atoms with E-state index in [0.717, 1.165) is 24.7 Å². The Kier molecular flexibility index (Phi) is 4.68. The highest BCUT2D eigenvalue weighted by Crippen LogP contribution is 2.22. The fourth-order valence-electron chi connectivity index (χ4n) is 1.59. The highest BCUT2D eigenvalue weighted by Gasteiger charge is 2.08. The van der Waals surface area contributed by atoms with Gasteiger partial charge in [-0.3, -0.25) is 0 Å². The Morgan fingerprint density at radius 3 is 2.60 bits per heavy atom. The van der Waals surface area contributed by atoms with Crippen molar-refractivity contribution in [3.05, 3.63) is 41.8 Å². The van der Waals surface area contributed by atoms with Crippen LogP contribution in [0.15, 0.2) is 28.9 Å². The van der Waals surface area contributed by atoms with Crippen LogP contribution in [0.5, 0.6) is 11.8 Å². The van der Waals surface area contributed by atoms with Gasteiger partial charge in [0.05, 0.1) is 5.69 Å². The minimum absolute atomic E-state index is 0.00559. The van der Waals surface area contributed by atoms with E-state index < -0.39 is 11.6 Å². The standard InChI is InChI=1S/C14H16F2N2O2/c1-9(2)6-17-7-12-8-19-14(18-12)20-13-4-10(15)3-11(16)5-13/h3-5,8-9,17H,6-7H2,1-2H3. The third-order valence-electron chi connectivity index (χ3n) is 2.43. The predicted octanol–water partition coefficient (Wildman–Crippen LogP) is 3.49. The highest BCUT2D eigenvalue weighted by atomic mass is 19.1. The number of rotatable bonds is 6. The number of benzene rings is 1. The summed E-state index contributed by atoms with van der Waals surface area (Å²) in [6.45, 7) is 5.60. The van der Waals surface area contributed by atoms with Gasteiger partial charge >= 0.3 is 6.08 Å². The Labute approximate surface area is 115 Å². The average molecular weight is 282 g/mol. The molecule has 6 heteroatoms. The van der Waals surface area contributed by atoms with Crippen molar-refractivity contribution in [3.63, 3.8) is 0 Å². The molecule has 0 aliphatic heterocycles. The van der Waals surface area contributed by atoms with Crippen molar-refractivity contribution in [2.45, 2.75) is 20.4 Å². The fraction of sp³-hybridized carbons (Fsp3) is 0.357. The molecule has 2 aromatic rings. The van der Waals surface area contributed by atoms with Gasteiger partial charge in [0.15, 0.2) is 0 Å². The molecular formula is C14H16F2N2O2. The van der Waals surface area contributed by atoms with Crippen LogP contribution in [-0.4, -0.2) is 11.5 Å². The summed E-state index contributed by atoms with van der Waals surface area (Å²) in [5.74, 6) is -0.894. The lowest BCUT2D eigenvalue weighted by Gasteiger charge is -2.04. The molecule has 4 nitrogen and oxygen atoms in total. The maximum absolute atomic E-state index is 13.0. The summed E-state index contributed by atoms with van der Waals surface area (Å²) in [4.78, 5) is 4.07. The predicted molar refractivity (Wildman–Crippen MR) is 69.5 cm³/mol. The molecule has 0 saturated heterocycles. The van der Waals surface area contributed by atoms with Gasteiger partial charge in [0, 0.05) is 24.7 Å². The van der Waals surface area contributed by atoms with Crippen molar-refractivity contribution in [3.8, 4) is 11.8 Å². The summed E-state index contributed by atoms with van der Waals surface area (Å²) in [7, 11) is 0. The molecular weight excluding hydrogens is 266 g/mol. The monoisotopic (exact) mass is 282 g/mol. The lowest BCUT2D eigenvalue weighted by Crippen LogP contribution is -2.19. The van der Waals surface area contributed by atoms with Crippen molar-refractivity contribution in [1.82, 2.24) is 10.3 Å². The Hall–Kier alpha value is -1.95. The van der Waals surface area contributed by atoms with E-state index in [4.69, 9.17) is 9.15 Å². The first-order chi connectivity index (χ1) is 9.52. The van der Waals surface area contributed by atoms with E-state index in [0.29, 0.717) is 18.2 Å². The molecule has 2 rings (SSSR count). The molecule has 0 amide bonds. The maximum atomic E-state index is 13.0. The quantitative estimate of drug-likeness (QED) is 0.881. The maximum Gasteiger partial charge on any atom is 0.399 e. The van der Waals surface area contributed by atoms with E-state index >= 15 is 0 Å². The van der Waals surface area contributed by atoms with Gasteiger partial charge in [-0.15, -0.1) is 0 Å². The summed E-state index contributed by atoms with van der Waals surface area (Å²) in [6.07, 6.45) is 1.40. The molecule has 0 bridgehead atoms. The van der Waals surface area contributed by atoms with Gasteiger partial charge in [-0.1, -0.05) is 13.8 Å². The second-order valence-electron chi connectivity index (χ2n) is 4.84. The van der Waals surface area contributed by atoms with Crippen LogP contribution in [0.1, 0.15) is 19.5 Å². The van der Waals surface area contributed by atoms with Crippen LogP contribution in [0.4, 0.5) is 8.78 Å². The van der Waals surface area contributed by atoms with Crippen molar-refractivity contribution >= 4 is 0 Å². The van der Waals surface area contributed by atoms with Crippen molar-refractivity contribution in [1.29, 1.82) is 0 Å². The van der Waals surface area contributed by atoms with E-state index in [1.807, 2.05) is 0 Å². The number of nitrogens with zero attached hydrogens (tertiary/aromatic N) is 1. The van der Waals surface area contributed by atoms with Crippen LogP contribution in [0.3, 0.4) is 0 Å². The summed E-state index contributed by atoms with van der Waals surface area (Å²) in [6, 6.07) is 2.89. The number of hydrogen-bond acceptors (Lipinski definition) is 4. The van der Waals surface area contributed by atoms with Gasteiger partial charge in [-0.25, -0.2) is 8.78 Å². The number of halogens is 2. The molecule has 0 unspecified atom stereocenters. The minimum atomic E-state index is -0.717. The molecule has 0 atom stereocenters. The van der Waals surface area contributed by atoms with Crippen LogP contribution < -0.4 is 10.1 Å². The van der Waals surface area contributed by atoms with Gasteiger partial charge in [-0.2, -0.15) is 4.98 Å². The van der Waals surface area contributed by atoms with E-state index in [1.54, 1.807) is 0 Å². The molecule has 20 heavy (non-hydrogen) atoms. The van der Waals surface area contributed by atoms with E-state index in [2.05, 4.69) is 24.1 Å². The van der Waals surface area contributed by atoms with Crippen LogP contribution >= 0.6 is 0 Å². The second-order valence-corrected chi connectivity index (χ2v) is 4.84. The number of oxazole rings is 1. The normalized spacial score (nSPS) is 11.1. The van der Waals surface area contributed by atoms with E-state index in [9.17, 15) is 8.78 Å². The zero-order valence-corrected chi connectivity index (χ0v) is 11.3.